The Labute approximate surface area is 232 Å². The number of ether oxygens (including phenoxy) is 3. The van der Waals surface area contributed by atoms with Crippen molar-refractivity contribution in [3.05, 3.63) is 53.7 Å². The molecule has 1 aliphatic rings. The van der Waals surface area contributed by atoms with E-state index in [2.05, 4.69) is 15.2 Å². The molecule has 11 heteroatoms. The molecule has 3 aromatic rings. The molecule has 0 atom stereocenters. The molecule has 4 rings (SSSR count). The molecule has 1 amide bonds. The normalized spacial score (nSPS) is 14.1. The molecular weight excluding hydrogens is 522 g/mol. The van der Waals surface area contributed by atoms with Crippen molar-refractivity contribution in [2.75, 3.05) is 50.1 Å². The zero-order valence-corrected chi connectivity index (χ0v) is 23.3. The molecule has 0 unspecified atom stereocenters. The number of halogens is 2. The highest BCUT2D eigenvalue weighted by Crippen LogP contribution is 2.38. The highest BCUT2D eigenvalue weighted by molar-refractivity contribution is 6.07. The monoisotopic (exact) mass is 556 g/mol. The summed E-state index contributed by atoms with van der Waals surface area (Å²) in [7, 11) is 1.55. The number of nitrogens with zero attached hydrogens (tertiary/aromatic N) is 3. The molecule has 40 heavy (non-hydrogen) atoms. The summed E-state index contributed by atoms with van der Waals surface area (Å²) >= 11 is 0. The van der Waals surface area contributed by atoms with Crippen molar-refractivity contribution in [1.29, 1.82) is 0 Å². The van der Waals surface area contributed by atoms with E-state index in [1.165, 1.54) is 12.3 Å². The molecule has 0 aliphatic carbocycles. The summed E-state index contributed by atoms with van der Waals surface area (Å²) in [5.74, 6) is -1.62. The maximum Gasteiger partial charge on any atom is 0.410 e. The maximum absolute atomic E-state index is 14.7. The minimum Gasteiger partial charge on any atom is -0.495 e. The van der Waals surface area contributed by atoms with Gasteiger partial charge in [0.1, 0.15) is 28.5 Å². The summed E-state index contributed by atoms with van der Waals surface area (Å²) in [6.45, 7) is 9.41. The van der Waals surface area contributed by atoms with Gasteiger partial charge in [-0.15, -0.1) is 0 Å². The van der Waals surface area contributed by atoms with Gasteiger partial charge in [0.2, 0.25) is 0 Å². The summed E-state index contributed by atoms with van der Waals surface area (Å²) in [6.07, 6.45) is 1.68. The number of rotatable bonds is 6. The number of hydrogen-bond donors (Lipinski definition) is 1. The summed E-state index contributed by atoms with van der Waals surface area (Å²) in [5, 5.41) is 3.48. The van der Waals surface area contributed by atoms with Crippen molar-refractivity contribution in [3.63, 3.8) is 0 Å². The molecule has 9 nitrogen and oxygen atoms in total. The second-order valence-corrected chi connectivity index (χ2v) is 10.4. The van der Waals surface area contributed by atoms with E-state index in [0.717, 1.165) is 12.1 Å². The molecule has 1 saturated heterocycles. The number of pyridine rings is 1. The van der Waals surface area contributed by atoms with E-state index in [4.69, 9.17) is 14.2 Å². The SMILES string of the molecule is CCOC(=O)c1cnc2cc(OC)c(N3CCCN(C(=O)OC(C)(C)C)CC3)cc2c1Nc1ccc(F)cc1F. The van der Waals surface area contributed by atoms with E-state index in [9.17, 15) is 18.4 Å². The first-order chi connectivity index (χ1) is 19.0. The number of anilines is 3. The van der Waals surface area contributed by atoms with Crippen molar-refractivity contribution in [2.24, 2.45) is 0 Å². The zero-order valence-electron chi connectivity index (χ0n) is 23.3. The molecular formula is C29H34F2N4O5. The molecule has 0 bridgehead atoms. The van der Waals surface area contributed by atoms with E-state index in [1.807, 2.05) is 26.8 Å². The number of methoxy groups -OCH3 is 1. The van der Waals surface area contributed by atoms with Gasteiger partial charge in [0.15, 0.2) is 0 Å². The Morgan fingerprint density at radius 1 is 1.07 bits per heavy atom. The molecule has 1 aliphatic heterocycles. The Bertz CT molecular complexity index is 1410. The predicted molar refractivity (Wildman–Crippen MR) is 149 cm³/mol. The molecule has 1 aromatic heterocycles. The third kappa shape index (κ3) is 6.52. The van der Waals surface area contributed by atoms with Gasteiger partial charge in [-0.25, -0.2) is 18.4 Å². The Morgan fingerprint density at radius 2 is 1.85 bits per heavy atom. The van der Waals surface area contributed by atoms with Crippen LogP contribution in [0.5, 0.6) is 5.75 Å². The molecule has 1 N–H and O–H groups in total. The lowest BCUT2D eigenvalue weighted by Gasteiger charge is -2.27. The number of hydrogen-bond acceptors (Lipinski definition) is 8. The van der Waals surface area contributed by atoms with Crippen molar-refractivity contribution in [3.8, 4) is 5.75 Å². The number of esters is 1. The van der Waals surface area contributed by atoms with Gasteiger partial charge in [-0.1, -0.05) is 0 Å². The fraction of sp³-hybridized carbons (Fsp3) is 0.414. The van der Waals surface area contributed by atoms with Gasteiger partial charge in [-0.3, -0.25) is 4.98 Å². The number of nitrogens with one attached hydrogen (secondary N) is 1. The van der Waals surface area contributed by atoms with Gasteiger partial charge in [-0.05, 0) is 52.3 Å². The molecule has 1 fully saturated rings. The van der Waals surface area contributed by atoms with Gasteiger partial charge in [-0.2, -0.15) is 0 Å². The van der Waals surface area contributed by atoms with Gasteiger partial charge in [0.05, 0.1) is 36.3 Å². The second-order valence-electron chi connectivity index (χ2n) is 10.4. The van der Waals surface area contributed by atoms with E-state index < -0.39 is 23.2 Å². The zero-order chi connectivity index (χ0) is 29.0. The van der Waals surface area contributed by atoms with E-state index in [1.54, 1.807) is 25.0 Å². The molecule has 0 saturated carbocycles. The first-order valence-electron chi connectivity index (χ1n) is 13.1. The Hall–Kier alpha value is -4.15. The van der Waals surface area contributed by atoms with Crippen LogP contribution in [0.4, 0.5) is 30.6 Å². The first-order valence-corrected chi connectivity index (χ1v) is 13.1. The smallest absolute Gasteiger partial charge is 0.410 e. The van der Waals surface area contributed by atoms with Crippen LogP contribution in [-0.4, -0.2) is 67.4 Å². The summed E-state index contributed by atoms with van der Waals surface area (Å²) in [6, 6.07) is 6.70. The topological polar surface area (TPSA) is 93.2 Å². The fourth-order valence-corrected chi connectivity index (χ4v) is 4.51. The number of aromatic nitrogens is 1. The summed E-state index contributed by atoms with van der Waals surface area (Å²) in [5.41, 5.74) is 0.959. The van der Waals surface area contributed by atoms with Gasteiger partial charge < -0.3 is 29.3 Å². The summed E-state index contributed by atoms with van der Waals surface area (Å²) in [4.78, 5) is 33.7. The minimum absolute atomic E-state index is 0.0143. The number of fused-ring (bicyclic) bond motifs is 1. The van der Waals surface area contributed by atoms with E-state index in [0.29, 0.717) is 54.9 Å². The number of benzene rings is 2. The van der Waals surface area contributed by atoms with Gasteiger partial charge in [0.25, 0.3) is 0 Å². The van der Waals surface area contributed by atoms with E-state index in [-0.39, 0.29) is 29.6 Å². The molecule has 214 valence electrons. The van der Waals surface area contributed by atoms with Crippen LogP contribution in [0, 0.1) is 11.6 Å². The van der Waals surface area contributed by atoms with Crippen molar-refractivity contribution in [1.82, 2.24) is 9.88 Å². The van der Waals surface area contributed by atoms with Crippen LogP contribution in [0.3, 0.4) is 0 Å². The molecule has 2 heterocycles. The number of carbonyl (C=O) groups excluding carboxylic acids is 2. The first kappa shape index (κ1) is 28.8. The quantitative estimate of drug-likeness (QED) is 0.376. The van der Waals surface area contributed by atoms with Crippen LogP contribution in [0.1, 0.15) is 44.5 Å². The highest BCUT2D eigenvalue weighted by atomic mass is 19.1. The lowest BCUT2D eigenvalue weighted by atomic mass is 10.1. The van der Waals surface area contributed by atoms with Gasteiger partial charge >= 0.3 is 12.1 Å². The van der Waals surface area contributed by atoms with Crippen LogP contribution in [0.2, 0.25) is 0 Å². The van der Waals surface area contributed by atoms with Crippen LogP contribution < -0.4 is 15.0 Å². The van der Waals surface area contributed by atoms with Crippen LogP contribution >= 0.6 is 0 Å². The average molecular weight is 557 g/mol. The van der Waals surface area contributed by atoms with Gasteiger partial charge in [0, 0.05) is 49.9 Å². The lowest BCUT2D eigenvalue weighted by Crippen LogP contribution is -2.39. The predicted octanol–water partition coefficient (Wildman–Crippen LogP) is 5.89. The van der Waals surface area contributed by atoms with E-state index >= 15 is 0 Å². The average Bonchev–Trinajstić information content (AvgIpc) is 3.15. The standard InChI is InChI=1S/C29H34F2N4O5/c1-6-39-27(36)20-17-32-23-16-25(38-5)24(15-19(23)26(20)33-22-9-8-18(30)14-21(22)31)34-10-7-11-35(13-12-34)28(37)40-29(2,3)4/h8-9,14-17H,6-7,10-13H2,1-5H3,(H,32,33). The fourth-order valence-electron chi connectivity index (χ4n) is 4.51. The second kappa shape index (κ2) is 11.9. The van der Waals surface area contributed by atoms with Crippen LogP contribution in [0.15, 0.2) is 36.5 Å². The Morgan fingerprint density at radius 3 is 2.52 bits per heavy atom. The third-order valence-corrected chi connectivity index (χ3v) is 6.34. The lowest BCUT2D eigenvalue weighted by molar-refractivity contribution is 0.0263. The molecule has 0 radical (unpaired) electrons. The highest BCUT2D eigenvalue weighted by Gasteiger charge is 2.27. The number of carbonyl (C=O) groups is 2. The van der Waals surface area contributed by atoms with Crippen molar-refractivity contribution < 1.29 is 32.6 Å². The Kier molecular flexibility index (Phi) is 8.61. The third-order valence-electron chi connectivity index (χ3n) is 6.34. The molecule has 0 spiro atoms. The summed E-state index contributed by atoms with van der Waals surface area (Å²) < 4.78 is 44.7. The number of amides is 1. The molecule has 2 aromatic carbocycles. The maximum atomic E-state index is 14.7. The van der Waals surface area contributed by atoms with Crippen molar-refractivity contribution in [2.45, 2.75) is 39.7 Å². The minimum atomic E-state index is -0.816. The van der Waals surface area contributed by atoms with Crippen molar-refractivity contribution >= 4 is 40.0 Å². The largest absolute Gasteiger partial charge is 0.495 e. The van der Waals surface area contributed by atoms with Crippen LogP contribution in [-0.2, 0) is 9.47 Å². The van der Waals surface area contributed by atoms with Crippen LogP contribution in [0.25, 0.3) is 10.9 Å². The Balaban J connectivity index is 1.76.